The lowest BCUT2D eigenvalue weighted by molar-refractivity contribution is -0.134. The monoisotopic (exact) mass is 256 g/mol. The second-order valence-electron chi connectivity index (χ2n) is 5.57. The number of hydrogen-bond donors (Lipinski definition) is 2. The van der Waals surface area contributed by atoms with Crippen LogP contribution in [-0.2, 0) is 9.53 Å². The number of fused-ring (bicyclic) bond motifs is 1. The zero-order valence-electron chi connectivity index (χ0n) is 11.3. The molecule has 2 aliphatic rings. The fourth-order valence-electron chi connectivity index (χ4n) is 3.35. The SMILES string of the molecule is COCC(O)CN(C)C(=O)C1NCC2CCCC21. The van der Waals surface area contributed by atoms with Gasteiger partial charge in [-0.05, 0) is 31.2 Å². The first-order valence-corrected chi connectivity index (χ1v) is 6.79. The molecule has 2 rings (SSSR count). The van der Waals surface area contributed by atoms with Gasteiger partial charge in [-0.25, -0.2) is 0 Å². The van der Waals surface area contributed by atoms with E-state index < -0.39 is 6.10 Å². The van der Waals surface area contributed by atoms with E-state index in [1.807, 2.05) is 0 Å². The molecule has 0 aromatic rings. The number of likely N-dealkylation sites (N-methyl/N-ethyl adjacent to an activating group) is 1. The molecule has 5 heteroatoms. The minimum absolute atomic E-state index is 0.0442. The van der Waals surface area contributed by atoms with Crippen molar-refractivity contribution in [3.05, 3.63) is 0 Å². The number of aliphatic hydroxyl groups is 1. The van der Waals surface area contributed by atoms with Crippen LogP contribution in [0, 0.1) is 11.8 Å². The van der Waals surface area contributed by atoms with E-state index in [9.17, 15) is 9.90 Å². The molecule has 104 valence electrons. The Balaban J connectivity index is 1.86. The average Bonchev–Trinajstić information content (AvgIpc) is 2.89. The molecule has 0 aromatic carbocycles. The number of amides is 1. The summed E-state index contributed by atoms with van der Waals surface area (Å²) in [5, 5.41) is 13.0. The van der Waals surface area contributed by atoms with Crippen LogP contribution in [0.3, 0.4) is 0 Å². The van der Waals surface area contributed by atoms with Crippen molar-refractivity contribution in [2.45, 2.75) is 31.4 Å². The maximum Gasteiger partial charge on any atom is 0.239 e. The molecule has 1 heterocycles. The summed E-state index contributed by atoms with van der Waals surface area (Å²) in [6.07, 6.45) is 3.04. The Kier molecular flexibility index (Phi) is 4.59. The second kappa shape index (κ2) is 5.99. The van der Waals surface area contributed by atoms with Crippen LogP contribution >= 0.6 is 0 Å². The highest BCUT2D eigenvalue weighted by Crippen LogP contribution is 2.38. The smallest absolute Gasteiger partial charge is 0.239 e. The third-order valence-electron chi connectivity index (χ3n) is 4.23. The first-order valence-electron chi connectivity index (χ1n) is 6.79. The van der Waals surface area contributed by atoms with E-state index in [1.165, 1.54) is 12.8 Å². The largest absolute Gasteiger partial charge is 0.389 e. The lowest BCUT2D eigenvalue weighted by atomic mass is 9.93. The normalized spacial score (nSPS) is 32.3. The molecule has 1 saturated heterocycles. The summed E-state index contributed by atoms with van der Waals surface area (Å²) < 4.78 is 4.88. The highest BCUT2D eigenvalue weighted by molar-refractivity contribution is 5.82. The summed E-state index contributed by atoms with van der Waals surface area (Å²) in [6.45, 7) is 1.57. The van der Waals surface area contributed by atoms with Crippen LogP contribution in [0.4, 0.5) is 0 Å². The number of aliphatic hydroxyl groups excluding tert-OH is 1. The van der Waals surface area contributed by atoms with Crippen molar-refractivity contribution in [1.82, 2.24) is 10.2 Å². The highest BCUT2D eigenvalue weighted by Gasteiger charge is 2.43. The summed E-state index contributed by atoms with van der Waals surface area (Å²) in [4.78, 5) is 14.0. The topological polar surface area (TPSA) is 61.8 Å². The van der Waals surface area contributed by atoms with Gasteiger partial charge < -0.3 is 20.1 Å². The maximum atomic E-state index is 12.3. The molecular formula is C13H24N2O3. The number of methoxy groups -OCH3 is 1. The van der Waals surface area contributed by atoms with E-state index in [0.29, 0.717) is 18.4 Å². The van der Waals surface area contributed by atoms with Crippen LogP contribution in [0.15, 0.2) is 0 Å². The van der Waals surface area contributed by atoms with Crippen LogP contribution < -0.4 is 5.32 Å². The molecule has 1 aliphatic carbocycles. The summed E-state index contributed by atoms with van der Waals surface area (Å²) in [6, 6.07) is -0.0442. The lowest BCUT2D eigenvalue weighted by Gasteiger charge is -2.26. The Morgan fingerprint density at radius 3 is 3.06 bits per heavy atom. The van der Waals surface area contributed by atoms with Gasteiger partial charge in [-0.1, -0.05) is 6.42 Å². The number of rotatable bonds is 5. The number of nitrogens with zero attached hydrogens (tertiary/aromatic N) is 1. The van der Waals surface area contributed by atoms with E-state index in [0.717, 1.165) is 13.0 Å². The molecule has 5 nitrogen and oxygen atoms in total. The van der Waals surface area contributed by atoms with Crippen molar-refractivity contribution in [3.8, 4) is 0 Å². The Morgan fingerprint density at radius 2 is 2.33 bits per heavy atom. The Hall–Kier alpha value is -0.650. The summed E-state index contributed by atoms with van der Waals surface area (Å²) >= 11 is 0. The Morgan fingerprint density at radius 1 is 1.56 bits per heavy atom. The number of ether oxygens (including phenoxy) is 1. The van der Waals surface area contributed by atoms with Crippen molar-refractivity contribution in [1.29, 1.82) is 0 Å². The van der Waals surface area contributed by atoms with Crippen molar-refractivity contribution < 1.29 is 14.6 Å². The predicted molar refractivity (Wildman–Crippen MR) is 68.1 cm³/mol. The molecule has 1 saturated carbocycles. The summed E-state index contributed by atoms with van der Waals surface area (Å²) in [7, 11) is 3.30. The van der Waals surface area contributed by atoms with Crippen LogP contribution in [0.2, 0.25) is 0 Å². The fraction of sp³-hybridized carbons (Fsp3) is 0.923. The fourth-order valence-corrected chi connectivity index (χ4v) is 3.35. The minimum atomic E-state index is -0.607. The first kappa shape index (κ1) is 13.8. The molecule has 1 amide bonds. The van der Waals surface area contributed by atoms with E-state index in [-0.39, 0.29) is 18.6 Å². The first-order chi connectivity index (χ1) is 8.63. The van der Waals surface area contributed by atoms with Gasteiger partial charge in [0.05, 0.1) is 18.8 Å². The van der Waals surface area contributed by atoms with Gasteiger partial charge in [0.25, 0.3) is 0 Å². The van der Waals surface area contributed by atoms with Crippen LogP contribution in [0.5, 0.6) is 0 Å². The molecule has 18 heavy (non-hydrogen) atoms. The average molecular weight is 256 g/mol. The van der Waals surface area contributed by atoms with Crippen LogP contribution in [-0.4, -0.2) is 61.9 Å². The van der Waals surface area contributed by atoms with E-state index in [4.69, 9.17) is 4.74 Å². The van der Waals surface area contributed by atoms with E-state index in [1.54, 1.807) is 19.1 Å². The van der Waals surface area contributed by atoms with Gasteiger partial charge in [0.1, 0.15) is 0 Å². The standard InChI is InChI=1S/C13H24N2O3/c1-15(7-10(16)8-18-2)13(17)12-11-5-3-4-9(11)6-14-12/h9-12,14,16H,3-8H2,1-2H3. The van der Waals surface area contributed by atoms with Gasteiger partial charge in [0, 0.05) is 20.7 Å². The number of carbonyl (C=O) groups excluding carboxylic acids is 1. The van der Waals surface area contributed by atoms with Crippen LogP contribution in [0.1, 0.15) is 19.3 Å². The van der Waals surface area contributed by atoms with Gasteiger partial charge >= 0.3 is 0 Å². The van der Waals surface area contributed by atoms with Gasteiger partial charge in [0.15, 0.2) is 0 Å². The number of hydrogen-bond acceptors (Lipinski definition) is 4. The minimum Gasteiger partial charge on any atom is -0.389 e. The molecule has 0 bridgehead atoms. The number of nitrogens with one attached hydrogen (secondary N) is 1. The quantitative estimate of drug-likeness (QED) is 0.717. The molecule has 4 atom stereocenters. The molecule has 2 N–H and O–H groups in total. The van der Waals surface area contributed by atoms with Crippen LogP contribution in [0.25, 0.3) is 0 Å². The number of carbonyl (C=O) groups is 1. The maximum absolute atomic E-state index is 12.3. The predicted octanol–water partition coefficient (Wildman–Crippen LogP) is -0.160. The van der Waals surface area contributed by atoms with Gasteiger partial charge in [-0.2, -0.15) is 0 Å². The third-order valence-corrected chi connectivity index (χ3v) is 4.23. The van der Waals surface area contributed by atoms with Crippen molar-refractivity contribution in [2.75, 3.05) is 33.9 Å². The Bertz CT molecular complexity index is 298. The lowest BCUT2D eigenvalue weighted by Crippen LogP contribution is -2.47. The van der Waals surface area contributed by atoms with Gasteiger partial charge in [0.2, 0.25) is 5.91 Å². The summed E-state index contributed by atoms with van der Waals surface area (Å²) in [5.41, 5.74) is 0. The molecule has 4 unspecified atom stereocenters. The van der Waals surface area contributed by atoms with Crippen molar-refractivity contribution in [3.63, 3.8) is 0 Å². The Labute approximate surface area is 108 Å². The highest BCUT2D eigenvalue weighted by atomic mass is 16.5. The van der Waals surface area contributed by atoms with Gasteiger partial charge in [-0.15, -0.1) is 0 Å². The van der Waals surface area contributed by atoms with Gasteiger partial charge in [-0.3, -0.25) is 4.79 Å². The molecular weight excluding hydrogens is 232 g/mol. The van der Waals surface area contributed by atoms with Crippen molar-refractivity contribution in [2.24, 2.45) is 11.8 Å². The molecule has 0 radical (unpaired) electrons. The molecule has 0 spiro atoms. The zero-order chi connectivity index (χ0) is 13.1. The van der Waals surface area contributed by atoms with E-state index in [2.05, 4.69) is 5.32 Å². The molecule has 1 aliphatic heterocycles. The van der Waals surface area contributed by atoms with E-state index >= 15 is 0 Å². The third kappa shape index (κ3) is 2.84. The van der Waals surface area contributed by atoms with Crippen molar-refractivity contribution >= 4 is 5.91 Å². The molecule has 2 fully saturated rings. The zero-order valence-corrected chi connectivity index (χ0v) is 11.3. The summed E-state index contributed by atoms with van der Waals surface area (Å²) in [5.74, 6) is 1.29. The second-order valence-corrected chi connectivity index (χ2v) is 5.57. The molecule has 0 aromatic heterocycles.